The molecule has 0 aliphatic heterocycles. The van der Waals surface area contributed by atoms with Gasteiger partial charge in [0.15, 0.2) is 11.6 Å². The summed E-state index contributed by atoms with van der Waals surface area (Å²) >= 11 is 0. The Balaban J connectivity index is 1.70. The van der Waals surface area contributed by atoms with Crippen molar-refractivity contribution in [1.29, 1.82) is 0 Å². The third-order valence-corrected chi connectivity index (χ3v) is 4.30. The number of carbonyl (C=O) groups excluding carboxylic acids is 3. The average Bonchev–Trinajstić information content (AvgIpc) is 2.66. The van der Waals surface area contributed by atoms with Crippen LogP contribution in [0, 0.1) is 5.82 Å². The number of fused-ring (bicyclic) bond motifs is 2. The minimum atomic E-state index is -0.636. The molecule has 4 rings (SSSR count). The minimum Gasteiger partial charge on any atom is -0.322 e. The molecule has 0 radical (unpaired) electrons. The Morgan fingerprint density at radius 2 is 1.31 bits per heavy atom. The molecule has 4 nitrogen and oxygen atoms in total. The number of anilines is 1. The molecule has 5 heteroatoms. The fourth-order valence-electron chi connectivity index (χ4n) is 3.02. The van der Waals surface area contributed by atoms with E-state index in [2.05, 4.69) is 5.32 Å². The quantitative estimate of drug-likeness (QED) is 0.600. The van der Waals surface area contributed by atoms with Crippen LogP contribution in [-0.4, -0.2) is 17.5 Å². The Kier molecular flexibility index (Phi) is 3.69. The van der Waals surface area contributed by atoms with Gasteiger partial charge >= 0.3 is 0 Å². The third kappa shape index (κ3) is 2.50. The monoisotopic (exact) mass is 345 g/mol. The fraction of sp³-hybridized carbons (Fsp3) is 0. The Labute approximate surface area is 148 Å². The largest absolute Gasteiger partial charge is 0.322 e. The zero-order chi connectivity index (χ0) is 18.3. The van der Waals surface area contributed by atoms with Crippen LogP contribution < -0.4 is 5.32 Å². The molecule has 0 unspecified atom stereocenters. The predicted molar refractivity (Wildman–Crippen MR) is 94.1 cm³/mol. The average molecular weight is 345 g/mol. The van der Waals surface area contributed by atoms with E-state index in [0.717, 1.165) is 0 Å². The lowest BCUT2D eigenvalue weighted by Crippen LogP contribution is -2.21. The van der Waals surface area contributed by atoms with Crippen molar-refractivity contribution < 1.29 is 18.8 Å². The van der Waals surface area contributed by atoms with Crippen LogP contribution >= 0.6 is 0 Å². The number of halogens is 1. The van der Waals surface area contributed by atoms with E-state index in [1.807, 2.05) is 0 Å². The van der Waals surface area contributed by atoms with Crippen molar-refractivity contribution in [2.75, 3.05) is 5.32 Å². The van der Waals surface area contributed by atoms with E-state index in [1.165, 1.54) is 36.4 Å². The van der Waals surface area contributed by atoms with E-state index < -0.39 is 11.7 Å². The lowest BCUT2D eigenvalue weighted by atomic mass is 9.84. The lowest BCUT2D eigenvalue weighted by Gasteiger charge is -2.18. The zero-order valence-electron chi connectivity index (χ0n) is 13.5. The molecule has 26 heavy (non-hydrogen) atoms. The van der Waals surface area contributed by atoms with Crippen molar-refractivity contribution in [1.82, 2.24) is 0 Å². The number of ketones is 2. The molecular formula is C21H12FNO3. The summed E-state index contributed by atoms with van der Waals surface area (Å²) in [5.74, 6) is -1.78. The van der Waals surface area contributed by atoms with E-state index in [9.17, 15) is 18.8 Å². The van der Waals surface area contributed by atoms with E-state index in [-0.39, 0.29) is 28.3 Å². The molecule has 0 aromatic heterocycles. The number of nitrogens with one attached hydrogen (secondary N) is 1. The highest BCUT2D eigenvalue weighted by atomic mass is 19.1. The molecule has 1 amide bonds. The van der Waals surface area contributed by atoms with E-state index in [4.69, 9.17) is 0 Å². The van der Waals surface area contributed by atoms with Gasteiger partial charge in [-0.05, 0) is 30.3 Å². The number of carbonyl (C=O) groups is 3. The summed E-state index contributed by atoms with van der Waals surface area (Å²) in [6.45, 7) is 0. The van der Waals surface area contributed by atoms with Gasteiger partial charge in [0.25, 0.3) is 5.91 Å². The Hall–Kier alpha value is -3.60. The van der Waals surface area contributed by atoms with Gasteiger partial charge < -0.3 is 5.32 Å². The van der Waals surface area contributed by atoms with Crippen molar-refractivity contribution in [2.24, 2.45) is 0 Å². The standard InChI is InChI=1S/C21H12FNO3/c22-18-8-4-3-7-16(18)21(26)23-12-9-10-15-17(11-12)20(25)14-6-2-1-5-13(14)19(15)24/h1-11H,(H,23,26). The van der Waals surface area contributed by atoms with Gasteiger partial charge in [-0.25, -0.2) is 4.39 Å². The zero-order valence-corrected chi connectivity index (χ0v) is 13.5. The molecule has 0 heterocycles. The van der Waals surface area contributed by atoms with Crippen molar-refractivity contribution in [3.63, 3.8) is 0 Å². The maximum atomic E-state index is 13.7. The maximum Gasteiger partial charge on any atom is 0.258 e. The fourth-order valence-corrected chi connectivity index (χ4v) is 3.02. The van der Waals surface area contributed by atoms with Crippen LogP contribution in [0.1, 0.15) is 42.2 Å². The van der Waals surface area contributed by atoms with E-state index >= 15 is 0 Å². The van der Waals surface area contributed by atoms with Gasteiger partial charge in [0.2, 0.25) is 0 Å². The number of benzene rings is 3. The Bertz CT molecular complexity index is 1090. The molecule has 0 saturated heterocycles. The molecule has 1 aliphatic carbocycles. The molecule has 126 valence electrons. The van der Waals surface area contributed by atoms with Crippen molar-refractivity contribution in [3.8, 4) is 0 Å². The van der Waals surface area contributed by atoms with E-state index in [1.54, 1.807) is 30.3 Å². The molecule has 0 saturated carbocycles. The highest BCUT2D eigenvalue weighted by molar-refractivity contribution is 6.28. The second-order valence-electron chi connectivity index (χ2n) is 5.90. The summed E-state index contributed by atoms with van der Waals surface area (Å²) in [4.78, 5) is 37.5. The smallest absolute Gasteiger partial charge is 0.258 e. The van der Waals surface area contributed by atoms with Crippen molar-refractivity contribution in [3.05, 3.63) is 100 Å². The first-order chi connectivity index (χ1) is 12.6. The number of amides is 1. The summed E-state index contributed by atoms with van der Waals surface area (Å²) < 4.78 is 13.7. The Morgan fingerprint density at radius 3 is 2.00 bits per heavy atom. The van der Waals surface area contributed by atoms with Crippen LogP contribution in [0.3, 0.4) is 0 Å². The number of hydrogen-bond acceptors (Lipinski definition) is 3. The molecular weight excluding hydrogens is 333 g/mol. The molecule has 3 aromatic rings. The molecule has 0 bridgehead atoms. The SMILES string of the molecule is O=C(Nc1ccc2c(c1)C(=O)c1ccccc1C2=O)c1ccccc1F. The van der Waals surface area contributed by atoms with Gasteiger partial charge in [-0.15, -0.1) is 0 Å². The van der Waals surface area contributed by atoms with Crippen LogP contribution in [0.15, 0.2) is 66.7 Å². The Morgan fingerprint density at radius 1 is 0.731 bits per heavy atom. The van der Waals surface area contributed by atoms with Crippen LogP contribution in [0.4, 0.5) is 10.1 Å². The number of rotatable bonds is 2. The molecule has 3 aromatic carbocycles. The van der Waals surface area contributed by atoms with Gasteiger partial charge in [-0.1, -0.05) is 36.4 Å². The molecule has 1 N–H and O–H groups in total. The molecule has 0 fully saturated rings. The highest BCUT2D eigenvalue weighted by Crippen LogP contribution is 2.29. The molecule has 0 spiro atoms. The number of hydrogen-bond donors (Lipinski definition) is 1. The maximum absolute atomic E-state index is 13.7. The topological polar surface area (TPSA) is 63.2 Å². The lowest BCUT2D eigenvalue weighted by molar-refractivity contribution is 0.0979. The first-order valence-electron chi connectivity index (χ1n) is 7.94. The van der Waals surface area contributed by atoms with Gasteiger partial charge in [-0.3, -0.25) is 14.4 Å². The normalized spacial score (nSPS) is 12.3. The second kappa shape index (κ2) is 6.04. The van der Waals surface area contributed by atoms with Gasteiger partial charge in [0.05, 0.1) is 5.56 Å². The molecule has 1 aliphatic rings. The summed E-state index contributed by atoms with van der Waals surface area (Å²) in [7, 11) is 0. The van der Waals surface area contributed by atoms with Crippen molar-refractivity contribution in [2.45, 2.75) is 0 Å². The first kappa shape index (κ1) is 15.9. The summed E-state index contributed by atoms with van der Waals surface area (Å²) in [6, 6.07) is 16.7. The second-order valence-corrected chi connectivity index (χ2v) is 5.90. The third-order valence-electron chi connectivity index (χ3n) is 4.30. The molecule has 0 atom stereocenters. The summed E-state index contributed by atoms with van der Waals surface area (Å²) in [5, 5.41) is 2.57. The minimum absolute atomic E-state index is 0.0991. The summed E-state index contributed by atoms with van der Waals surface area (Å²) in [5.41, 5.74) is 1.43. The summed E-state index contributed by atoms with van der Waals surface area (Å²) in [6.07, 6.45) is 0. The van der Waals surface area contributed by atoms with Gasteiger partial charge in [0, 0.05) is 27.9 Å². The van der Waals surface area contributed by atoms with Crippen LogP contribution in [0.5, 0.6) is 0 Å². The van der Waals surface area contributed by atoms with Crippen molar-refractivity contribution >= 4 is 23.2 Å². The van der Waals surface area contributed by atoms with Crippen LogP contribution in [0.25, 0.3) is 0 Å². The predicted octanol–water partition coefficient (Wildman–Crippen LogP) is 3.85. The van der Waals surface area contributed by atoms with Gasteiger partial charge in [-0.2, -0.15) is 0 Å². The van der Waals surface area contributed by atoms with Crippen LogP contribution in [-0.2, 0) is 0 Å². The van der Waals surface area contributed by atoms with Crippen LogP contribution in [0.2, 0.25) is 0 Å². The van der Waals surface area contributed by atoms with Gasteiger partial charge in [0.1, 0.15) is 5.82 Å². The van der Waals surface area contributed by atoms with E-state index in [0.29, 0.717) is 16.8 Å². The first-order valence-corrected chi connectivity index (χ1v) is 7.94. The highest BCUT2D eigenvalue weighted by Gasteiger charge is 2.29.